The van der Waals surface area contributed by atoms with Gasteiger partial charge in [0.25, 0.3) is 0 Å². The van der Waals surface area contributed by atoms with Gasteiger partial charge in [0.2, 0.25) is 0 Å². The standard InChI is InChI=1S/C11H20O/c1-5-7-10(3)8-9-11(4)12-6-2/h7-9,11H,5-6H2,1-4H3/b9-8-,10-7-. The summed E-state index contributed by atoms with van der Waals surface area (Å²) in [6, 6.07) is 0. The fourth-order valence-electron chi connectivity index (χ4n) is 0.996. The van der Waals surface area contributed by atoms with Crippen LogP contribution in [0.15, 0.2) is 23.8 Å². The number of ether oxygens (including phenoxy) is 1. The molecule has 0 aliphatic rings. The first-order valence-electron chi connectivity index (χ1n) is 4.67. The lowest BCUT2D eigenvalue weighted by Gasteiger charge is -2.04. The lowest BCUT2D eigenvalue weighted by molar-refractivity contribution is 0.109. The molecule has 70 valence electrons. The van der Waals surface area contributed by atoms with Crippen LogP contribution in [0.1, 0.15) is 34.1 Å². The van der Waals surface area contributed by atoms with Gasteiger partial charge in [-0.3, -0.25) is 0 Å². The van der Waals surface area contributed by atoms with E-state index >= 15 is 0 Å². The van der Waals surface area contributed by atoms with Crippen molar-refractivity contribution >= 4 is 0 Å². The molecule has 0 saturated carbocycles. The molecule has 0 aromatic carbocycles. The fourth-order valence-corrected chi connectivity index (χ4v) is 0.996. The molecule has 1 nitrogen and oxygen atoms in total. The van der Waals surface area contributed by atoms with Crippen molar-refractivity contribution in [3.8, 4) is 0 Å². The Morgan fingerprint density at radius 1 is 1.42 bits per heavy atom. The summed E-state index contributed by atoms with van der Waals surface area (Å²) >= 11 is 0. The highest BCUT2D eigenvalue weighted by atomic mass is 16.5. The van der Waals surface area contributed by atoms with Crippen molar-refractivity contribution in [1.82, 2.24) is 0 Å². The zero-order chi connectivity index (χ0) is 9.40. The van der Waals surface area contributed by atoms with Gasteiger partial charge in [0.15, 0.2) is 0 Å². The van der Waals surface area contributed by atoms with Crippen LogP contribution in [0.5, 0.6) is 0 Å². The average molecular weight is 168 g/mol. The van der Waals surface area contributed by atoms with Crippen LogP contribution in [-0.4, -0.2) is 12.7 Å². The Balaban J connectivity index is 3.80. The van der Waals surface area contributed by atoms with Gasteiger partial charge in [0.05, 0.1) is 6.10 Å². The first-order chi connectivity index (χ1) is 5.70. The average Bonchev–Trinajstić information content (AvgIpc) is 2.02. The Bertz CT molecular complexity index is 156. The van der Waals surface area contributed by atoms with Crippen molar-refractivity contribution in [2.24, 2.45) is 0 Å². The summed E-state index contributed by atoms with van der Waals surface area (Å²) in [4.78, 5) is 0. The summed E-state index contributed by atoms with van der Waals surface area (Å²) in [6.07, 6.45) is 7.73. The molecule has 1 unspecified atom stereocenters. The number of allylic oxidation sites excluding steroid dienone is 3. The minimum Gasteiger partial charge on any atom is -0.375 e. The first kappa shape index (κ1) is 11.4. The van der Waals surface area contributed by atoms with Crippen LogP contribution >= 0.6 is 0 Å². The predicted molar refractivity (Wildman–Crippen MR) is 54.3 cm³/mol. The van der Waals surface area contributed by atoms with Gasteiger partial charge >= 0.3 is 0 Å². The summed E-state index contributed by atoms with van der Waals surface area (Å²) < 4.78 is 5.36. The van der Waals surface area contributed by atoms with Gasteiger partial charge in [-0.1, -0.05) is 30.7 Å². The van der Waals surface area contributed by atoms with Crippen molar-refractivity contribution in [2.75, 3.05) is 6.61 Å². The molecule has 0 aromatic rings. The normalized spacial score (nSPS) is 15.5. The molecule has 1 heteroatoms. The molecule has 0 bridgehead atoms. The lowest BCUT2D eigenvalue weighted by Crippen LogP contribution is -2.03. The molecule has 0 N–H and O–H groups in total. The summed E-state index contributed by atoms with van der Waals surface area (Å²) in [5.74, 6) is 0. The van der Waals surface area contributed by atoms with Gasteiger partial charge in [-0.05, 0) is 27.2 Å². The van der Waals surface area contributed by atoms with Crippen LogP contribution in [0.25, 0.3) is 0 Å². The Morgan fingerprint density at radius 3 is 2.58 bits per heavy atom. The van der Waals surface area contributed by atoms with Crippen molar-refractivity contribution < 1.29 is 4.74 Å². The van der Waals surface area contributed by atoms with Crippen molar-refractivity contribution in [3.05, 3.63) is 23.8 Å². The largest absolute Gasteiger partial charge is 0.375 e. The Hall–Kier alpha value is -0.560. The Labute approximate surface area is 76.1 Å². The molecule has 0 aliphatic heterocycles. The van der Waals surface area contributed by atoms with E-state index in [-0.39, 0.29) is 6.10 Å². The van der Waals surface area contributed by atoms with Gasteiger partial charge in [0.1, 0.15) is 0 Å². The highest BCUT2D eigenvalue weighted by Crippen LogP contribution is 2.00. The molecule has 0 amide bonds. The predicted octanol–water partition coefficient (Wildman–Crippen LogP) is 3.32. The van der Waals surface area contributed by atoms with Crippen LogP contribution in [0.2, 0.25) is 0 Å². The van der Waals surface area contributed by atoms with Gasteiger partial charge in [0, 0.05) is 6.61 Å². The van der Waals surface area contributed by atoms with Crippen LogP contribution < -0.4 is 0 Å². The lowest BCUT2D eigenvalue weighted by atomic mass is 10.2. The van der Waals surface area contributed by atoms with E-state index in [0.29, 0.717) is 0 Å². The van der Waals surface area contributed by atoms with E-state index in [4.69, 9.17) is 4.74 Å². The molecule has 0 spiro atoms. The Kier molecular flexibility index (Phi) is 6.78. The fraction of sp³-hybridized carbons (Fsp3) is 0.636. The molecule has 0 radical (unpaired) electrons. The highest BCUT2D eigenvalue weighted by molar-refractivity contribution is 5.16. The minimum atomic E-state index is 0.232. The quantitative estimate of drug-likeness (QED) is 0.572. The molecule has 0 heterocycles. The van der Waals surface area contributed by atoms with E-state index in [1.807, 2.05) is 6.92 Å². The first-order valence-corrected chi connectivity index (χ1v) is 4.67. The van der Waals surface area contributed by atoms with Crippen molar-refractivity contribution in [3.63, 3.8) is 0 Å². The summed E-state index contributed by atoms with van der Waals surface area (Å²) in [6.45, 7) is 9.10. The van der Waals surface area contributed by atoms with Gasteiger partial charge in [-0.15, -0.1) is 0 Å². The summed E-state index contributed by atoms with van der Waals surface area (Å²) in [7, 11) is 0. The summed E-state index contributed by atoms with van der Waals surface area (Å²) in [5.41, 5.74) is 1.31. The molecular weight excluding hydrogens is 148 g/mol. The SMILES string of the molecule is CC/C=C(C)\C=C/C(C)OCC. The van der Waals surface area contributed by atoms with E-state index in [0.717, 1.165) is 13.0 Å². The van der Waals surface area contributed by atoms with Crippen molar-refractivity contribution in [1.29, 1.82) is 0 Å². The van der Waals surface area contributed by atoms with E-state index in [9.17, 15) is 0 Å². The monoisotopic (exact) mass is 168 g/mol. The number of rotatable bonds is 5. The zero-order valence-corrected chi connectivity index (χ0v) is 8.63. The maximum Gasteiger partial charge on any atom is 0.0730 e. The highest BCUT2D eigenvalue weighted by Gasteiger charge is 1.92. The second-order valence-electron chi connectivity index (χ2n) is 2.88. The molecular formula is C11H20O. The maximum absolute atomic E-state index is 5.36. The molecule has 0 saturated heterocycles. The van der Waals surface area contributed by atoms with E-state index in [1.54, 1.807) is 0 Å². The van der Waals surface area contributed by atoms with Crippen LogP contribution in [0.4, 0.5) is 0 Å². The second-order valence-corrected chi connectivity index (χ2v) is 2.88. The summed E-state index contributed by atoms with van der Waals surface area (Å²) in [5, 5.41) is 0. The number of hydrogen-bond acceptors (Lipinski definition) is 1. The second kappa shape index (κ2) is 7.11. The molecule has 1 atom stereocenters. The molecule has 0 rings (SSSR count). The van der Waals surface area contributed by atoms with Crippen LogP contribution in [-0.2, 0) is 4.74 Å². The van der Waals surface area contributed by atoms with Gasteiger partial charge in [-0.2, -0.15) is 0 Å². The van der Waals surface area contributed by atoms with Gasteiger partial charge in [-0.25, -0.2) is 0 Å². The smallest absolute Gasteiger partial charge is 0.0730 e. The molecule has 12 heavy (non-hydrogen) atoms. The minimum absolute atomic E-state index is 0.232. The van der Waals surface area contributed by atoms with E-state index in [2.05, 4.69) is 39.0 Å². The Morgan fingerprint density at radius 2 is 2.08 bits per heavy atom. The van der Waals surface area contributed by atoms with Crippen LogP contribution in [0.3, 0.4) is 0 Å². The maximum atomic E-state index is 5.36. The van der Waals surface area contributed by atoms with Gasteiger partial charge < -0.3 is 4.74 Å². The third-order valence-corrected chi connectivity index (χ3v) is 1.59. The van der Waals surface area contributed by atoms with Crippen LogP contribution in [0, 0.1) is 0 Å². The van der Waals surface area contributed by atoms with E-state index in [1.165, 1.54) is 5.57 Å². The zero-order valence-electron chi connectivity index (χ0n) is 8.63. The van der Waals surface area contributed by atoms with Crippen molar-refractivity contribution in [2.45, 2.75) is 40.2 Å². The molecule has 0 fully saturated rings. The van der Waals surface area contributed by atoms with E-state index < -0.39 is 0 Å². The molecule has 0 aliphatic carbocycles. The number of hydrogen-bond donors (Lipinski definition) is 0. The topological polar surface area (TPSA) is 9.23 Å². The third-order valence-electron chi connectivity index (χ3n) is 1.59. The molecule has 0 aromatic heterocycles. The third kappa shape index (κ3) is 6.17.